The van der Waals surface area contributed by atoms with E-state index in [9.17, 15) is 9.90 Å². The molecule has 0 atom stereocenters. The Balaban J connectivity index is 2.27. The fourth-order valence-electron chi connectivity index (χ4n) is 2.03. The molecule has 2 aromatic heterocycles. The molecule has 0 saturated heterocycles. The fraction of sp³-hybridized carbons (Fsp3) is 0.462. The van der Waals surface area contributed by atoms with E-state index in [1.165, 1.54) is 4.88 Å². The number of nitrogens with zero attached hydrogens (tertiary/aromatic N) is 3. The van der Waals surface area contributed by atoms with E-state index in [0.29, 0.717) is 12.2 Å². The monoisotopic (exact) mass is 279 g/mol. The van der Waals surface area contributed by atoms with Gasteiger partial charge in [0.25, 0.3) is 0 Å². The average molecular weight is 279 g/mol. The van der Waals surface area contributed by atoms with Crippen LogP contribution in [-0.2, 0) is 18.4 Å². The molecule has 1 N–H and O–H groups in total. The first-order valence-corrected chi connectivity index (χ1v) is 6.97. The minimum Gasteiger partial charge on any atom is -0.476 e. The molecule has 2 heterocycles. The molecule has 0 aliphatic heterocycles. The van der Waals surface area contributed by atoms with Crippen molar-refractivity contribution < 1.29 is 9.90 Å². The van der Waals surface area contributed by atoms with Gasteiger partial charge in [-0.1, -0.05) is 32.1 Å². The van der Waals surface area contributed by atoms with Gasteiger partial charge in [-0.15, -0.1) is 16.4 Å². The van der Waals surface area contributed by atoms with Gasteiger partial charge in [0.15, 0.2) is 5.69 Å². The molecule has 2 aromatic rings. The highest BCUT2D eigenvalue weighted by atomic mass is 32.1. The molecule has 2 rings (SSSR count). The molecular weight excluding hydrogens is 262 g/mol. The lowest BCUT2D eigenvalue weighted by molar-refractivity contribution is 0.0687. The van der Waals surface area contributed by atoms with E-state index in [4.69, 9.17) is 0 Å². The zero-order valence-corrected chi connectivity index (χ0v) is 12.1. The molecule has 0 aliphatic rings. The Labute approximate surface area is 115 Å². The maximum Gasteiger partial charge on any atom is 0.358 e. The highest BCUT2D eigenvalue weighted by Crippen LogP contribution is 2.25. The molecule has 0 radical (unpaired) electrons. The molecule has 0 amide bonds. The van der Waals surface area contributed by atoms with E-state index in [2.05, 4.69) is 16.4 Å². The zero-order valence-electron chi connectivity index (χ0n) is 11.3. The van der Waals surface area contributed by atoms with Crippen LogP contribution in [0.1, 0.15) is 41.8 Å². The molecule has 0 bridgehead atoms. The normalized spacial score (nSPS) is 11.7. The number of carboxylic acid groups (broad SMARTS) is 1. The first-order chi connectivity index (χ1) is 8.89. The van der Waals surface area contributed by atoms with Gasteiger partial charge in [0.05, 0.1) is 5.69 Å². The van der Waals surface area contributed by atoms with Gasteiger partial charge in [-0.2, -0.15) is 0 Å². The molecule has 0 aliphatic carbocycles. The predicted molar refractivity (Wildman–Crippen MR) is 73.7 cm³/mol. The molecule has 6 heteroatoms. The van der Waals surface area contributed by atoms with Crippen LogP contribution in [0.3, 0.4) is 0 Å². The maximum atomic E-state index is 11.2. The van der Waals surface area contributed by atoms with Gasteiger partial charge in [-0.3, -0.25) is 0 Å². The summed E-state index contributed by atoms with van der Waals surface area (Å²) in [4.78, 5) is 12.5. The van der Waals surface area contributed by atoms with Crippen LogP contribution in [0.2, 0.25) is 0 Å². The van der Waals surface area contributed by atoms with Crippen LogP contribution in [0.4, 0.5) is 0 Å². The minimum atomic E-state index is -1.02. The third-order valence-corrected chi connectivity index (χ3v) is 3.73. The Morgan fingerprint density at radius 2 is 2.21 bits per heavy atom. The van der Waals surface area contributed by atoms with Gasteiger partial charge < -0.3 is 5.11 Å². The molecule has 0 unspecified atom stereocenters. The van der Waals surface area contributed by atoms with E-state index >= 15 is 0 Å². The Morgan fingerprint density at radius 1 is 1.47 bits per heavy atom. The number of hydrogen-bond donors (Lipinski definition) is 1. The van der Waals surface area contributed by atoms with Crippen molar-refractivity contribution in [3.63, 3.8) is 0 Å². The summed E-state index contributed by atoms with van der Waals surface area (Å²) in [5.74, 6) is -1.02. The second-order valence-corrected chi connectivity index (χ2v) is 6.43. The number of carbonyl (C=O) groups is 1. The largest absolute Gasteiger partial charge is 0.476 e. The van der Waals surface area contributed by atoms with Crippen LogP contribution in [-0.4, -0.2) is 26.1 Å². The average Bonchev–Trinajstić information content (AvgIpc) is 2.94. The predicted octanol–water partition coefficient (Wildman–Crippen LogP) is 2.58. The molecule has 0 fully saturated rings. The second kappa shape index (κ2) is 5.13. The van der Waals surface area contributed by atoms with Crippen molar-refractivity contribution in [2.75, 3.05) is 0 Å². The molecule has 0 aromatic carbocycles. The standard InChI is InChI=1S/C13H17N3O2S/c1-13(2,3)11-10(12(17)18)14-15-16(11)7-6-9-5-4-8-19-9/h4-5,8H,6-7H2,1-3H3,(H,17,18). The summed E-state index contributed by atoms with van der Waals surface area (Å²) in [5, 5.41) is 19.0. The Morgan fingerprint density at radius 3 is 2.74 bits per heavy atom. The van der Waals surface area contributed by atoms with E-state index < -0.39 is 5.97 Å². The summed E-state index contributed by atoms with van der Waals surface area (Å²) in [6.45, 7) is 6.56. The van der Waals surface area contributed by atoms with Crippen molar-refractivity contribution >= 4 is 17.3 Å². The number of aromatic carboxylic acids is 1. The molecule has 5 nitrogen and oxygen atoms in total. The molecule has 0 spiro atoms. The van der Waals surface area contributed by atoms with Crippen LogP contribution in [0.5, 0.6) is 0 Å². The van der Waals surface area contributed by atoms with Gasteiger partial charge in [-0.25, -0.2) is 9.48 Å². The maximum absolute atomic E-state index is 11.2. The highest BCUT2D eigenvalue weighted by Gasteiger charge is 2.28. The van der Waals surface area contributed by atoms with Crippen molar-refractivity contribution in [1.29, 1.82) is 0 Å². The van der Waals surface area contributed by atoms with E-state index in [1.807, 2.05) is 32.2 Å². The zero-order chi connectivity index (χ0) is 14.0. The van der Waals surface area contributed by atoms with Crippen LogP contribution in [0.15, 0.2) is 17.5 Å². The molecule has 0 saturated carbocycles. The number of thiophene rings is 1. The lowest BCUT2D eigenvalue weighted by atomic mass is 9.90. The number of carboxylic acids is 1. The van der Waals surface area contributed by atoms with Gasteiger partial charge in [0, 0.05) is 23.3 Å². The second-order valence-electron chi connectivity index (χ2n) is 5.39. The molecule has 102 valence electrons. The number of rotatable bonds is 4. The van der Waals surface area contributed by atoms with Crippen LogP contribution in [0, 0.1) is 0 Å². The topological polar surface area (TPSA) is 68.0 Å². The first-order valence-electron chi connectivity index (χ1n) is 6.09. The summed E-state index contributed by atoms with van der Waals surface area (Å²) < 4.78 is 1.71. The number of aryl methyl sites for hydroxylation is 2. The first kappa shape index (κ1) is 13.7. The third kappa shape index (κ3) is 3.01. The number of hydrogen-bond acceptors (Lipinski definition) is 4. The Hall–Kier alpha value is -1.69. The minimum absolute atomic E-state index is 0.0543. The van der Waals surface area contributed by atoms with Gasteiger partial charge in [-0.05, 0) is 11.4 Å². The lowest BCUT2D eigenvalue weighted by Gasteiger charge is -2.20. The fourth-order valence-corrected chi connectivity index (χ4v) is 2.73. The third-order valence-electron chi connectivity index (χ3n) is 2.80. The van der Waals surface area contributed by atoms with E-state index in [-0.39, 0.29) is 11.1 Å². The summed E-state index contributed by atoms with van der Waals surface area (Å²) in [6, 6.07) is 4.07. The van der Waals surface area contributed by atoms with Crippen molar-refractivity contribution in [3.8, 4) is 0 Å². The summed E-state index contributed by atoms with van der Waals surface area (Å²) in [5.41, 5.74) is 0.433. The van der Waals surface area contributed by atoms with Crippen LogP contribution >= 0.6 is 11.3 Å². The van der Waals surface area contributed by atoms with Gasteiger partial charge in [0.1, 0.15) is 0 Å². The van der Waals surface area contributed by atoms with Crippen molar-refractivity contribution in [2.45, 2.75) is 39.2 Å². The number of aromatic nitrogens is 3. The quantitative estimate of drug-likeness (QED) is 0.934. The molecule has 19 heavy (non-hydrogen) atoms. The van der Waals surface area contributed by atoms with Crippen molar-refractivity contribution in [2.24, 2.45) is 0 Å². The highest BCUT2D eigenvalue weighted by molar-refractivity contribution is 7.09. The summed E-state index contributed by atoms with van der Waals surface area (Å²) in [7, 11) is 0. The van der Waals surface area contributed by atoms with E-state index in [0.717, 1.165) is 6.42 Å². The lowest BCUT2D eigenvalue weighted by Crippen LogP contribution is -2.22. The molecular formula is C13H17N3O2S. The van der Waals surface area contributed by atoms with Gasteiger partial charge >= 0.3 is 5.97 Å². The summed E-state index contributed by atoms with van der Waals surface area (Å²) >= 11 is 1.69. The SMILES string of the molecule is CC(C)(C)c1c(C(=O)O)nnn1CCc1cccs1. The van der Waals surface area contributed by atoms with Crippen molar-refractivity contribution in [1.82, 2.24) is 15.0 Å². The smallest absolute Gasteiger partial charge is 0.358 e. The van der Waals surface area contributed by atoms with Crippen molar-refractivity contribution in [3.05, 3.63) is 33.8 Å². The Bertz CT molecular complexity index is 567. The Kier molecular flexibility index (Phi) is 3.71. The van der Waals surface area contributed by atoms with E-state index in [1.54, 1.807) is 16.0 Å². The summed E-state index contributed by atoms with van der Waals surface area (Å²) in [6.07, 6.45) is 0.836. The van der Waals surface area contributed by atoms with Gasteiger partial charge in [0.2, 0.25) is 0 Å². The van der Waals surface area contributed by atoms with Crippen LogP contribution in [0.25, 0.3) is 0 Å². The van der Waals surface area contributed by atoms with Crippen LogP contribution < -0.4 is 0 Å².